The molecular weight excluding hydrogens is 388 g/mol. The number of sulfone groups is 1. The Bertz CT molecular complexity index is 1080. The number of amides is 1. The molecule has 1 aromatic carbocycles. The lowest BCUT2D eigenvalue weighted by atomic mass is 10.3. The normalized spacial score (nSPS) is 11.9. The Morgan fingerprint density at radius 2 is 1.93 bits per heavy atom. The van der Waals surface area contributed by atoms with Crippen molar-refractivity contribution in [2.45, 2.75) is 31.2 Å². The molecule has 0 spiro atoms. The Balaban J connectivity index is 1.65. The molecule has 1 N–H and O–H groups in total. The van der Waals surface area contributed by atoms with Gasteiger partial charge in [0.2, 0.25) is 5.91 Å². The highest BCUT2D eigenvalue weighted by atomic mass is 35.5. The lowest BCUT2D eigenvalue weighted by Gasteiger charge is -2.08. The summed E-state index contributed by atoms with van der Waals surface area (Å²) in [6.45, 7) is 4.01. The summed E-state index contributed by atoms with van der Waals surface area (Å²) in [5, 5.41) is 8.21. The van der Waals surface area contributed by atoms with E-state index in [0.29, 0.717) is 10.7 Å². The van der Waals surface area contributed by atoms with Gasteiger partial charge >= 0.3 is 0 Å². The first-order valence-electron chi connectivity index (χ1n) is 8.38. The number of halogens is 1. The highest BCUT2D eigenvalue weighted by Gasteiger charge is 2.17. The maximum absolute atomic E-state index is 12.3. The standard InChI is InChI=1S/C18H19ClN4O3S/c1-12(2)23-18-13(10-21-23)9-15(11-20-18)22-17(24)7-8-27(25,26)16-5-3-14(19)4-6-16/h3-6,9-12H,7-8H2,1-2H3,(H,22,24). The molecule has 0 aliphatic rings. The number of nitrogens with one attached hydrogen (secondary N) is 1. The van der Waals surface area contributed by atoms with E-state index in [1.54, 1.807) is 16.9 Å². The molecule has 3 rings (SSSR count). The van der Waals surface area contributed by atoms with Crippen LogP contribution in [0.5, 0.6) is 0 Å². The molecule has 2 aromatic heterocycles. The molecule has 142 valence electrons. The number of nitrogens with zero attached hydrogens (tertiary/aromatic N) is 3. The van der Waals surface area contributed by atoms with E-state index in [4.69, 9.17) is 11.6 Å². The third-order valence-electron chi connectivity index (χ3n) is 3.98. The predicted octanol–water partition coefficient (Wildman–Crippen LogP) is 3.47. The summed E-state index contributed by atoms with van der Waals surface area (Å²) < 4.78 is 26.4. The third kappa shape index (κ3) is 4.45. The Labute approximate surface area is 162 Å². The van der Waals surface area contributed by atoms with Crippen LogP contribution in [0, 0.1) is 0 Å². The fraction of sp³-hybridized carbons (Fsp3) is 0.278. The fourth-order valence-electron chi connectivity index (χ4n) is 2.60. The minimum absolute atomic E-state index is 0.142. The topological polar surface area (TPSA) is 94.0 Å². The van der Waals surface area contributed by atoms with Crippen molar-refractivity contribution < 1.29 is 13.2 Å². The summed E-state index contributed by atoms with van der Waals surface area (Å²) in [5.74, 6) is -0.688. The first-order valence-corrected chi connectivity index (χ1v) is 10.4. The molecule has 1 amide bonds. The zero-order valence-electron chi connectivity index (χ0n) is 14.9. The zero-order chi connectivity index (χ0) is 19.6. The second-order valence-corrected chi connectivity index (χ2v) is 8.94. The van der Waals surface area contributed by atoms with Gasteiger partial charge < -0.3 is 5.32 Å². The van der Waals surface area contributed by atoms with Crippen molar-refractivity contribution >= 4 is 44.1 Å². The highest BCUT2D eigenvalue weighted by Crippen LogP contribution is 2.20. The molecule has 27 heavy (non-hydrogen) atoms. The van der Waals surface area contributed by atoms with Gasteiger partial charge in [-0.15, -0.1) is 0 Å². The third-order valence-corrected chi connectivity index (χ3v) is 5.96. The molecule has 0 radical (unpaired) electrons. The van der Waals surface area contributed by atoms with Gasteiger partial charge in [0.1, 0.15) is 0 Å². The van der Waals surface area contributed by atoms with E-state index in [1.807, 2.05) is 13.8 Å². The molecule has 0 aliphatic carbocycles. The van der Waals surface area contributed by atoms with E-state index < -0.39 is 15.7 Å². The summed E-state index contributed by atoms with van der Waals surface area (Å²) >= 11 is 5.77. The van der Waals surface area contributed by atoms with Crippen molar-refractivity contribution in [1.29, 1.82) is 0 Å². The van der Waals surface area contributed by atoms with Gasteiger partial charge in [-0.05, 0) is 44.2 Å². The quantitative estimate of drug-likeness (QED) is 0.676. The van der Waals surface area contributed by atoms with Crippen LogP contribution in [0.15, 0.2) is 47.6 Å². The van der Waals surface area contributed by atoms with E-state index in [9.17, 15) is 13.2 Å². The lowest BCUT2D eigenvalue weighted by Crippen LogP contribution is -2.17. The van der Waals surface area contributed by atoms with Crippen LogP contribution >= 0.6 is 11.6 Å². The summed E-state index contributed by atoms with van der Waals surface area (Å²) in [5.41, 5.74) is 1.23. The zero-order valence-corrected chi connectivity index (χ0v) is 16.5. The number of aromatic nitrogens is 3. The Kier molecular flexibility index (Phi) is 5.48. The molecule has 0 bridgehead atoms. The average molecular weight is 407 g/mol. The fourth-order valence-corrected chi connectivity index (χ4v) is 3.96. The molecule has 0 saturated heterocycles. The van der Waals surface area contributed by atoms with Crippen LogP contribution in [0.4, 0.5) is 5.69 Å². The molecule has 9 heteroatoms. The number of fused-ring (bicyclic) bond motifs is 1. The molecule has 7 nitrogen and oxygen atoms in total. The van der Waals surface area contributed by atoms with Crippen molar-refractivity contribution in [1.82, 2.24) is 14.8 Å². The van der Waals surface area contributed by atoms with Gasteiger partial charge in [-0.3, -0.25) is 4.79 Å². The highest BCUT2D eigenvalue weighted by molar-refractivity contribution is 7.91. The molecular formula is C18H19ClN4O3S. The maximum Gasteiger partial charge on any atom is 0.225 e. The van der Waals surface area contributed by atoms with E-state index in [0.717, 1.165) is 11.0 Å². The predicted molar refractivity (Wildman–Crippen MR) is 105 cm³/mol. The maximum atomic E-state index is 12.3. The molecule has 0 unspecified atom stereocenters. The molecule has 0 atom stereocenters. The van der Waals surface area contributed by atoms with E-state index >= 15 is 0 Å². The van der Waals surface area contributed by atoms with Gasteiger partial charge in [-0.2, -0.15) is 5.10 Å². The van der Waals surface area contributed by atoms with Gasteiger partial charge in [0.05, 0.1) is 28.7 Å². The second kappa shape index (κ2) is 7.66. The monoisotopic (exact) mass is 406 g/mol. The van der Waals surface area contributed by atoms with Gasteiger partial charge in [0.25, 0.3) is 0 Å². The molecule has 0 saturated carbocycles. The van der Waals surface area contributed by atoms with Gasteiger partial charge in [0, 0.05) is 22.9 Å². The Hall–Kier alpha value is -2.45. The molecule has 2 heterocycles. The number of hydrogen-bond acceptors (Lipinski definition) is 5. The van der Waals surface area contributed by atoms with Crippen LogP contribution in [-0.2, 0) is 14.6 Å². The van der Waals surface area contributed by atoms with E-state index in [1.165, 1.54) is 30.5 Å². The van der Waals surface area contributed by atoms with Crippen LogP contribution in [0.2, 0.25) is 5.02 Å². The van der Waals surface area contributed by atoms with Crippen LogP contribution < -0.4 is 5.32 Å². The number of carbonyl (C=O) groups excluding carboxylic acids is 1. The molecule has 3 aromatic rings. The van der Waals surface area contributed by atoms with Gasteiger partial charge in [0.15, 0.2) is 15.5 Å². The first-order chi connectivity index (χ1) is 12.8. The van der Waals surface area contributed by atoms with Crippen molar-refractivity contribution in [3.8, 4) is 0 Å². The summed E-state index contributed by atoms with van der Waals surface area (Å²) in [6, 6.07) is 7.81. The first kappa shape index (κ1) is 19.3. The van der Waals surface area contributed by atoms with Crippen LogP contribution in [0.3, 0.4) is 0 Å². The Morgan fingerprint density at radius 3 is 2.59 bits per heavy atom. The SMILES string of the molecule is CC(C)n1ncc2cc(NC(=O)CCS(=O)(=O)c3ccc(Cl)cc3)cnc21. The van der Waals surface area contributed by atoms with Crippen LogP contribution in [0.1, 0.15) is 26.3 Å². The van der Waals surface area contributed by atoms with Crippen molar-refractivity contribution in [3.63, 3.8) is 0 Å². The number of benzene rings is 1. The van der Waals surface area contributed by atoms with Crippen molar-refractivity contribution in [2.75, 3.05) is 11.1 Å². The van der Waals surface area contributed by atoms with Crippen LogP contribution in [0.25, 0.3) is 11.0 Å². The van der Waals surface area contributed by atoms with Crippen LogP contribution in [-0.4, -0.2) is 34.8 Å². The van der Waals surface area contributed by atoms with Crippen molar-refractivity contribution in [2.24, 2.45) is 0 Å². The van der Waals surface area contributed by atoms with Gasteiger partial charge in [-0.1, -0.05) is 11.6 Å². The second-order valence-electron chi connectivity index (χ2n) is 6.39. The number of pyridine rings is 1. The minimum atomic E-state index is -3.55. The summed E-state index contributed by atoms with van der Waals surface area (Å²) in [7, 11) is -3.55. The largest absolute Gasteiger partial charge is 0.325 e. The number of carbonyl (C=O) groups is 1. The van der Waals surface area contributed by atoms with E-state index in [2.05, 4.69) is 15.4 Å². The minimum Gasteiger partial charge on any atom is -0.325 e. The number of anilines is 1. The molecule has 0 fully saturated rings. The smallest absolute Gasteiger partial charge is 0.225 e. The van der Waals surface area contributed by atoms with Gasteiger partial charge in [-0.25, -0.2) is 18.1 Å². The Morgan fingerprint density at radius 1 is 1.22 bits per heavy atom. The summed E-state index contributed by atoms with van der Waals surface area (Å²) in [4.78, 5) is 16.6. The number of rotatable bonds is 6. The number of hydrogen-bond donors (Lipinski definition) is 1. The average Bonchev–Trinajstić information content (AvgIpc) is 3.04. The summed E-state index contributed by atoms with van der Waals surface area (Å²) in [6.07, 6.45) is 3.06. The lowest BCUT2D eigenvalue weighted by molar-refractivity contribution is -0.115. The molecule has 0 aliphatic heterocycles. The van der Waals surface area contributed by atoms with Crippen molar-refractivity contribution in [3.05, 3.63) is 47.7 Å². The van der Waals surface area contributed by atoms with E-state index in [-0.39, 0.29) is 23.1 Å².